The van der Waals surface area contributed by atoms with E-state index < -0.39 is 17.9 Å². The molecule has 1 aliphatic heterocycles. The number of hydrogen-bond donors (Lipinski definition) is 2. The van der Waals surface area contributed by atoms with E-state index in [1.54, 1.807) is 24.0 Å². The minimum Gasteiger partial charge on any atom is -0.480 e. The number of carboxylic acid groups (broad SMARTS) is 1. The quantitative estimate of drug-likeness (QED) is 0.834. The summed E-state index contributed by atoms with van der Waals surface area (Å²) in [7, 11) is 0. The zero-order valence-corrected chi connectivity index (χ0v) is 13.5. The van der Waals surface area contributed by atoms with Crippen molar-refractivity contribution in [3.05, 3.63) is 29.7 Å². The summed E-state index contributed by atoms with van der Waals surface area (Å²) >= 11 is 1.26. The summed E-state index contributed by atoms with van der Waals surface area (Å²) in [6, 6.07) is -0.987. The lowest BCUT2D eigenvalue weighted by atomic mass is 9.93. The van der Waals surface area contributed by atoms with E-state index in [9.17, 15) is 14.7 Å². The Bertz CT molecular complexity index is 715. The molecule has 126 valence electrons. The van der Waals surface area contributed by atoms with Crippen LogP contribution in [0.4, 0.5) is 0 Å². The molecule has 3 heterocycles. The highest BCUT2D eigenvalue weighted by molar-refractivity contribution is 7.13. The van der Waals surface area contributed by atoms with Gasteiger partial charge in [-0.1, -0.05) is 0 Å². The van der Waals surface area contributed by atoms with Crippen molar-refractivity contribution in [1.29, 1.82) is 0 Å². The molecule has 1 amide bonds. The van der Waals surface area contributed by atoms with Gasteiger partial charge in [0.2, 0.25) is 0 Å². The first-order chi connectivity index (χ1) is 11.6. The maximum atomic E-state index is 12.3. The standard InChI is InChI=1S/C15H16N4O4S/c20-13(19-12(15(21)22)9-2-1-5-23-7-9)11-8-24-14(18-11)10-6-16-3-4-17-10/h3-4,6,8-9,12H,1-2,5,7H2,(H,19,20)(H,21,22). The van der Waals surface area contributed by atoms with Crippen molar-refractivity contribution in [2.24, 2.45) is 5.92 Å². The number of hydrogen-bond acceptors (Lipinski definition) is 7. The second-order valence-corrected chi connectivity index (χ2v) is 6.25. The second-order valence-electron chi connectivity index (χ2n) is 5.40. The Labute approximate surface area is 141 Å². The van der Waals surface area contributed by atoms with Crippen LogP contribution in [-0.4, -0.2) is 51.2 Å². The number of carbonyl (C=O) groups excluding carboxylic acids is 1. The van der Waals surface area contributed by atoms with Crippen molar-refractivity contribution in [1.82, 2.24) is 20.3 Å². The fraction of sp³-hybridized carbons (Fsp3) is 0.400. The molecule has 0 saturated carbocycles. The van der Waals surface area contributed by atoms with E-state index in [0.717, 1.165) is 6.42 Å². The lowest BCUT2D eigenvalue weighted by molar-refractivity contribution is -0.142. The van der Waals surface area contributed by atoms with Crippen molar-refractivity contribution in [3.63, 3.8) is 0 Å². The number of nitrogens with zero attached hydrogens (tertiary/aromatic N) is 3. The Hall–Kier alpha value is -2.39. The number of carbonyl (C=O) groups is 2. The number of nitrogens with one attached hydrogen (secondary N) is 1. The van der Waals surface area contributed by atoms with Gasteiger partial charge in [-0.25, -0.2) is 9.78 Å². The molecule has 0 aromatic carbocycles. The molecule has 2 atom stereocenters. The molecule has 8 nitrogen and oxygen atoms in total. The second kappa shape index (κ2) is 7.45. The van der Waals surface area contributed by atoms with Crippen molar-refractivity contribution in [2.45, 2.75) is 18.9 Å². The van der Waals surface area contributed by atoms with Gasteiger partial charge in [0, 0.05) is 30.3 Å². The molecule has 2 aromatic heterocycles. The molecule has 24 heavy (non-hydrogen) atoms. The van der Waals surface area contributed by atoms with Crippen LogP contribution in [0, 0.1) is 5.92 Å². The first-order valence-corrected chi connectivity index (χ1v) is 8.36. The van der Waals surface area contributed by atoms with Crippen LogP contribution < -0.4 is 5.32 Å². The smallest absolute Gasteiger partial charge is 0.326 e. The summed E-state index contributed by atoms with van der Waals surface area (Å²) in [5, 5.41) is 14.1. The minimum absolute atomic E-state index is 0.170. The maximum Gasteiger partial charge on any atom is 0.326 e. The van der Waals surface area contributed by atoms with E-state index in [0.29, 0.717) is 30.3 Å². The van der Waals surface area contributed by atoms with E-state index in [1.807, 2.05) is 0 Å². The summed E-state index contributed by atoms with van der Waals surface area (Å²) in [4.78, 5) is 36.1. The molecule has 0 bridgehead atoms. The van der Waals surface area contributed by atoms with E-state index in [2.05, 4.69) is 20.3 Å². The topological polar surface area (TPSA) is 114 Å². The zero-order chi connectivity index (χ0) is 16.9. The number of rotatable bonds is 5. The third kappa shape index (κ3) is 3.74. The van der Waals surface area contributed by atoms with Gasteiger partial charge in [0.1, 0.15) is 22.4 Å². The zero-order valence-electron chi connectivity index (χ0n) is 12.7. The monoisotopic (exact) mass is 348 g/mol. The Kier molecular flexibility index (Phi) is 5.11. The minimum atomic E-state index is -1.07. The van der Waals surface area contributed by atoms with Crippen LogP contribution in [-0.2, 0) is 9.53 Å². The summed E-state index contributed by atoms with van der Waals surface area (Å²) < 4.78 is 5.32. The lowest BCUT2D eigenvalue weighted by Crippen LogP contribution is -2.48. The molecule has 9 heteroatoms. The molecule has 2 aromatic rings. The molecule has 1 fully saturated rings. The first kappa shape index (κ1) is 16.5. The van der Waals surface area contributed by atoms with Gasteiger partial charge in [0.15, 0.2) is 0 Å². The molecule has 0 spiro atoms. The Morgan fingerprint density at radius 1 is 1.42 bits per heavy atom. The van der Waals surface area contributed by atoms with Crippen LogP contribution in [0.2, 0.25) is 0 Å². The van der Waals surface area contributed by atoms with Crippen LogP contribution >= 0.6 is 11.3 Å². The van der Waals surface area contributed by atoms with E-state index >= 15 is 0 Å². The predicted octanol–water partition coefficient (Wildman–Crippen LogP) is 1.21. The van der Waals surface area contributed by atoms with Gasteiger partial charge in [-0.2, -0.15) is 0 Å². The number of amides is 1. The molecule has 1 aliphatic rings. The van der Waals surface area contributed by atoms with E-state index in [-0.39, 0.29) is 11.6 Å². The third-order valence-electron chi connectivity index (χ3n) is 3.74. The van der Waals surface area contributed by atoms with Crippen molar-refractivity contribution in [2.75, 3.05) is 13.2 Å². The summed E-state index contributed by atoms with van der Waals surface area (Å²) in [5.74, 6) is -1.82. The average molecular weight is 348 g/mol. The average Bonchev–Trinajstić information content (AvgIpc) is 3.11. The molecule has 2 unspecified atom stereocenters. The molecule has 0 radical (unpaired) electrons. The van der Waals surface area contributed by atoms with Gasteiger partial charge >= 0.3 is 5.97 Å². The highest BCUT2D eigenvalue weighted by Gasteiger charge is 2.32. The molecule has 0 aliphatic carbocycles. The van der Waals surface area contributed by atoms with Gasteiger partial charge in [-0.15, -0.1) is 11.3 Å². The highest BCUT2D eigenvalue weighted by Crippen LogP contribution is 2.22. The summed E-state index contributed by atoms with van der Waals surface area (Å²) in [6.07, 6.45) is 6.14. The first-order valence-electron chi connectivity index (χ1n) is 7.48. The van der Waals surface area contributed by atoms with Crippen LogP contribution in [0.25, 0.3) is 10.7 Å². The normalized spacial score (nSPS) is 18.8. The molecule has 1 saturated heterocycles. The number of thiazole rings is 1. The molecule has 2 N–H and O–H groups in total. The fourth-order valence-electron chi connectivity index (χ4n) is 2.53. The molecule has 3 rings (SSSR count). The van der Waals surface area contributed by atoms with Crippen molar-refractivity contribution < 1.29 is 19.4 Å². The van der Waals surface area contributed by atoms with Gasteiger partial charge in [-0.3, -0.25) is 14.8 Å². The summed E-state index contributed by atoms with van der Waals surface area (Å²) in [6.45, 7) is 0.962. The van der Waals surface area contributed by atoms with Crippen LogP contribution in [0.1, 0.15) is 23.3 Å². The van der Waals surface area contributed by atoms with E-state index in [1.165, 1.54) is 11.3 Å². The third-order valence-corrected chi connectivity index (χ3v) is 4.60. The Morgan fingerprint density at radius 3 is 2.96 bits per heavy atom. The summed E-state index contributed by atoms with van der Waals surface area (Å²) in [5.41, 5.74) is 0.737. The van der Waals surface area contributed by atoms with Crippen LogP contribution in [0.5, 0.6) is 0 Å². The fourth-order valence-corrected chi connectivity index (χ4v) is 3.29. The Balaban J connectivity index is 1.71. The highest BCUT2D eigenvalue weighted by atomic mass is 32.1. The number of carboxylic acids is 1. The van der Waals surface area contributed by atoms with Gasteiger partial charge in [0.25, 0.3) is 5.91 Å². The molecular formula is C15H16N4O4S. The van der Waals surface area contributed by atoms with Gasteiger partial charge in [-0.05, 0) is 12.8 Å². The van der Waals surface area contributed by atoms with Crippen molar-refractivity contribution in [3.8, 4) is 10.7 Å². The lowest BCUT2D eigenvalue weighted by Gasteiger charge is -2.27. The Morgan fingerprint density at radius 2 is 2.29 bits per heavy atom. The van der Waals surface area contributed by atoms with Crippen LogP contribution in [0.15, 0.2) is 24.0 Å². The van der Waals surface area contributed by atoms with Crippen molar-refractivity contribution >= 4 is 23.2 Å². The van der Waals surface area contributed by atoms with Gasteiger partial charge < -0.3 is 15.2 Å². The SMILES string of the molecule is O=C(NC(C(=O)O)C1CCCOC1)c1csc(-c2cnccn2)n1. The predicted molar refractivity (Wildman–Crippen MR) is 85.6 cm³/mol. The maximum absolute atomic E-state index is 12.3. The van der Waals surface area contributed by atoms with E-state index in [4.69, 9.17) is 4.74 Å². The largest absolute Gasteiger partial charge is 0.480 e. The van der Waals surface area contributed by atoms with Crippen LogP contribution in [0.3, 0.4) is 0 Å². The number of aromatic nitrogens is 3. The number of aliphatic carboxylic acids is 1. The molecular weight excluding hydrogens is 332 g/mol. The van der Waals surface area contributed by atoms with Gasteiger partial charge in [0.05, 0.1) is 12.8 Å². The number of ether oxygens (including phenoxy) is 1.